The molecule has 1 atom stereocenters. The van der Waals surface area contributed by atoms with Crippen LogP contribution in [0.5, 0.6) is 11.5 Å². The summed E-state index contributed by atoms with van der Waals surface area (Å²) in [6.45, 7) is 1.22. The van der Waals surface area contributed by atoms with Crippen molar-refractivity contribution in [3.63, 3.8) is 0 Å². The van der Waals surface area contributed by atoms with Gasteiger partial charge in [0.1, 0.15) is 17.5 Å². The van der Waals surface area contributed by atoms with Crippen molar-refractivity contribution in [2.24, 2.45) is 5.73 Å². The highest BCUT2D eigenvalue weighted by Crippen LogP contribution is 2.25. The highest BCUT2D eigenvalue weighted by Gasteiger charge is 2.23. The summed E-state index contributed by atoms with van der Waals surface area (Å²) in [5.41, 5.74) is 5.68. The maximum absolute atomic E-state index is 12.5. The van der Waals surface area contributed by atoms with E-state index in [1.165, 1.54) is 56.5 Å². The number of nitrogens with two attached hydrogens (primary N) is 1. The minimum atomic E-state index is -1.16. The molecule has 0 aliphatic carbocycles. The molecule has 10 nitrogen and oxygen atoms in total. The number of carbonyl (C=O) groups is 3. The van der Waals surface area contributed by atoms with Crippen LogP contribution in [0, 0.1) is 10.1 Å². The van der Waals surface area contributed by atoms with Gasteiger partial charge in [0.05, 0.1) is 12.0 Å². The van der Waals surface area contributed by atoms with Crippen molar-refractivity contribution >= 4 is 23.5 Å². The summed E-state index contributed by atoms with van der Waals surface area (Å²) in [6.07, 6.45) is -0.116. The average molecular weight is 401 g/mol. The number of nitro benzene ring substituents is 1. The van der Waals surface area contributed by atoms with Gasteiger partial charge in [-0.3, -0.25) is 24.5 Å². The number of benzene rings is 2. The van der Waals surface area contributed by atoms with Crippen molar-refractivity contribution < 1.29 is 28.8 Å². The Bertz CT molecular complexity index is 959. The number of esters is 1. The van der Waals surface area contributed by atoms with Gasteiger partial charge < -0.3 is 20.5 Å². The van der Waals surface area contributed by atoms with Crippen LogP contribution in [0.1, 0.15) is 22.8 Å². The van der Waals surface area contributed by atoms with E-state index in [0.717, 1.165) is 0 Å². The Morgan fingerprint density at radius 1 is 1.21 bits per heavy atom. The van der Waals surface area contributed by atoms with Crippen LogP contribution in [-0.2, 0) is 16.0 Å². The molecule has 0 radical (unpaired) electrons. The third-order valence-electron chi connectivity index (χ3n) is 3.91. The van der Waals surface area contributed by atoms with Crippen molar-refractivity contribution in [2.75, 3.05) is 7.11 Å². The Balaban J connectivity index is 2.24. The lowest BCUT2D eigenvalue weighted by molar-refractivity contribution is -0.384. The van der Waals surface area contributed by atoms with Crippen LogP contribution >= 0.6 is 0 Å². The minimum absolute atomic E-state index is 0.116. The molecule has 2 aromatic carbocycles. The second kappa shape index (κ2) is 9.31. The standard InChI is InChI=1S/C19H19N3O7/c1-11(23)29-15-5-3-4-12(9-15)19(25)21-16(18(20)24)10-13-8-14(22(26)27)6-7-17(13)28-2/h3-9,16H,10H2,1-2H3,(H2,20,24)(H,21,25)/t16-/m0/s1. The molecule has 10 heteroatoms. The van der Waals surface area contributed by atoms with Crippen molar-refractivity contribution in [1.29, 1.82) is 0 Å². The van der Waals surface area contributed by atoms with Crippen molar-refractivity contribution in [3.05, 3.63) is 63.7 Å². The zero-order chi connectivity index (χ0) is 21.6. The van der Waals surface area contributed by atoms with Crippen LogP contribution in [0.3, 0.4) is 0 Å². The number of nitrogens with zero attached hydrogens (tertiary/aromatic N) is 1. The average Bonchev–Trinajstić information content (AvgIpc) is 2.66. The van der Waals surface area contributed by atoms with Gasteiger partial charge >= 0.3 is 5.97 Å². The number of ether oxygens (including phenoxy) is 2. The minimum Gasteiger partial charge on any atom is -0.496 e. The molecule has 0 fully saturated rings. The zero-order valence-electron chi connectivity index (χ0n) is 15.7. The van der Waals surface area contributed by atoms with Gasteiger partial charge in [-0.2, -0.15) is 0 Å². The Kier molecular flexibility index (Phi) is 6.85. The third kappa shape index (κ3) is 5.76. The fraction of sp³-hybridized carbons (Fsp3) is 0.211. The molecule has 0 bridgehead atoms. The van der Waals surface area contributed by atoms with Gasteiger partial charge in [0.25, 0.3) is 11.6 Å². The second-order valence-corrected chi connectivity index (χ2v) is 6.01. The van der Waals surface area contributed by atoms with Crippen molar-refractivity contribution in [3.8, 4) is 11.5 Å². The molecule has 0 aromatic heterocycles. The van der Waals surface area contributed by atoms with Crippen LogP contribution in [0.25, 0.3) is 0 Å². The maximum Gasteiger partial charge on any atom is 0.308 e. The number of methoxy groups -OCH3 is 1. The lowest BCUT2D eigenvalue weighted by Gasteiger charge is -2.17. The molecule has 0 spiro atoms. The smallest absolute Gasteiger partial charge is 0.308 e. The van der Waals surface area contributed by atoms with Crippen LogP contribution < -0.4 is 20.5 Å². The first-order valence-electron chi connectivity index (χ1n) is 8.41. The summed E-state index contributed by atoms with van der Waals surface area (Å²) in [5, 5.41) is 13.5. The van der Waals surface area contributed by atoms with Crippen molar-refractivity contribution in [2.45, 2.75) is 19.4 Å². The van der Waals surface area contributed by atoms with E-state index in [0.29, 0.717) is 11.3 Å². The first-order chi connectivity index (χ1) is 13.7. The number of amides is 2. The molecule has 3 N–H and O–H groups in total. The van der Waals surface area contributed by atoms with E-state index < -0.39 is 28.7 Å². The summed E-state index contributed by atoms with van der Waals surface area (Å²) < 4.78 is 10.1. The zero-order valence-corrected chi connectivity index (χ0v) is 15.7. The number of rotatable bonds is 8. The number of nitrogens with one attached hydrogen (secondary N) is 1. The van der Waals surface area contributed by atoms with E-state index >= 15 is 0 Å². The molecule has 0 saturated carbocycles. The number of hydrogen-bond acceptors (Lipinski definition) is 7. The predicted molar refractivity (Wildman–Crippen MR) is 102 cm³/mol. The largest absolute Gasteiger partial charge is 0.496 e. The van der Waals surface area contributed by atoms with Gasteiger partial charge in [-0.05, 0) is 24.3 Å². The highest BCUT2D eigenvalue weighted by molar-refractivity contribution is 5.97. The van der Waals surface area contributed by atoms with Crippen molar-refractivity contribution in [1.82, 2.24) is 5.32 Å². The third-order valence-corrected chi connectivity index (χ3v) is 3.91. The van der Waals surface area contributed by atoms with Gasteiger partial charge in [0.2, 0.25) is 5.91 Å². The number of carbonyl (C=O) groups excluding carboxylic acids is 3. The Labute approximate surface area is 165 Å². The summed E-state index contributed by atoms with van der Waals surface area (Å²) in [4.78, 5) is 45.9. The molecule has 2 aromatic rings. The number of non-ortho nitro benzene ring substituents is 1. The predicted octanol–water partition coefficient (Wildman–Crippen LogP) is 1.36. The Hall–Kier alpha value is -3.95. The topological polar surface area (TPSA) is 151 Å². The van der Waals surface area contributed by atoms with E-state index in [1.807, 2.05) is 0 Å². The Morgan fingerprint density at radius 3 is 2.52 bits per heavy atom. The number of nitro groups is 1. The van der Waals surface area contributed by atoms with Gasteiger partial charge in [0, 0.05) is 36.6 Å². The lowest BCUT2D eigenvalue weighted by atomic mass is 10.0. The van der Waals surface area contributed by atoms with Crippen LogP contribution in [-0.4, -0.2) is 35.9 Å². The molecule has 0 aliphatic heterocycles. The van der Waals surface area contributed by atoms with Gasteiger partial charge in [-0.1, -0.05) is 6.07 Å². The number of hydrogen-bond donors (Lipinski definition) is 2. The molecule has 2 amide bonds. The summed E-state index contributed by atoms with van der Waals surface area (Å²) in [6, 6.07) is 8.57. The van der Waals surface area contributed by atoms with Gasteiger partial charge in [-0.15, -0.1) is 0 Å². The first-order valence-corrected chi connectivity index (χ1v) is 8.41. The molecule has 152 valence electrons. The molecule has 0 aliphatic rings. The first kappa shape index (κ1) is 21.4. The number of primary amides is 1. The SMILES string of the molecule is COc1ccc([N+](=O)[O-])cc1C[C@H](NC(=O)c1cccc(OC(C)=O)c1)C(N)=O. The van der Waals surface area contributed by atoms with E-state index in [9.17, 15) is 24.5 Å². The van der Waals surface area contributed by atoms with Crippen LogP contribution in [0.2, 0.25) is 0 Å². The normalized spacial score (nSPS) is 11.2. The maximum atomic E-state index is 12.5. The molecule has 0 saturated heterocycles. The molecular weight excluding hydrogens is 382 g/mol. The molecule has 2 rings (SSSR count). The summed E-state index contributed by atoms with van der Waals surface area (Å²) in [5.74, 6) is -1.53. The van der Waals surface area contributed by atoms with Gasteiger partial charge in [0.15, 0.2) is 0 Å². The van der Waals surface area contributed by atoms with Crippen LogP contribution in [0.4, 0.5) is 5.69 Å². The fourth-order valence-corrected chi connectivity index (χ4v) is 2.59. The van der Waals surface area contributed by atoms with E-state index in [-0.39, 0.29) is 23.4 Å². The molecular formula is C19H19N3O7. The molecule has 0 heterocycles. The quantitative estimate of drug-likeness (QED) is 0.293. The van der Waals surface area contributed by atoms with E-state index in [1.54, 1.807) is 0 Å². The molecule has 0 unspecified atom stereocenters. The highest BCUT2D eigenvalue weighted by atomic mass is 16.6. The fourth-order valence-electron chi connectivity index (χ4n) is 2.59. The second-order valence-electron chi connectivity index (χ2n) is 6.01. The monoisotopic (exact) mass is 401 g/mol. The van der Waals surface area contributed by atoms with E-state index in [2.05, 4.69) is 5.32 Å². The molecule has 29 heavy (non-hydrogen) atoms. The van der Waals surface area contributed by atoms with Gasteiger partial charge in [-0.25, -0.2) is 0 Å². The summed E-state index contributed by atoms with van der Waals surface area (Å²) >= 11 is 0. The van der Waals surface area contributed by atoms with E-state index in [4.69, 9.17) is 15.2 Å². The lowest BCUT2D eigenvalue weighted by Crippen LogP contribution is -2.45. The van der Waals surface area contributed by atoms with Crippen LogP contribution in [0.15, 0.2) is 42.5 Å². The Morgan fingerprint density at radius 2 is 1.93 bits per heavy atom. The summed E-state index contributed by atoms with van der Waals surface area (Å²) in [7, 11) is 1.38.